The second-order valence-electron chi connectivity index (χ2n) is 17.0. The fourth-order valence-electron chi connectivity index (χ4n) is 10.1. The molecule has 0 aromatic heterocycles. The number of rotatable bonds is 9. The van der Waals surface area contributed by atoms with E-state index >= 15 is 0 Å². The highest BCUT2D eigenvalue weighted by Gasteiger charge is 2.49. The van der Waals surface area contributed by atoms with Crippen LogP contribution in [0.2, 0.25) is 0 Å². The van der Waals surface area contributed by atoms with Crippen LogP contribution in [0.25, 0.3) is 0 Å². The third-order valence-corrected chi connectivity index (χ3v) is 15.5. The first-order chi connectivity index (χ1) is 28.6. The summed E-state index contributed by atoms with van der Waals surface area (Å²) in [5.74, 6) is 11.8. The molecule has 10 rings (SSSR count). The molecule has 2 aromatic carbocycles. The minimum Gasteiger partial charge on any atom is -0.508 e. The number of aliphatic hydroxyl groups excluding tert-OH is 3. The molecule has 7 atom stereocenters. The van der Waals surface area contributed by atoms with Crippen LogP contribution < -0.4 is 20.5 Å². The summed E-state index contributed by atoms with van der Waals surface area (Å²) in [7, 11) is 3.36. The summed E-state index contributed by atoms with van der Waals surface area (Å²) in [5, 5.41) is 48.3. The van der Waals surface area contributed by atoms with Crippen LogP contribution in [-0.4, -0.2) is 74.1 Å². The topological polar surface area (TPSA) is 170 Å². The lowest BCUT2D eigenvalue weighted by Gasteiger charge is -2.39. The second-order valence-corrected chi connectivity index (χ2v) is 19.5. The SMILES string of the molecule is CCCC(O)CC(O)CC(=O)CCc1c(O)cc2c3c1CSSCC1CNC(N)c4ccc5c(c41)CC1=CN=C4CN(C=C14)C(O3)C(C#CC5O)C1(C#CO2)CCCC1. The van der Waals surface area contributed by atoms with E-state index in [0.717, 1.165) is 77.0 Å². The number of carbonyl (C=O) groups is 1. The Hall–Kier alpha value is -3.92. The van der Waals surface area contributed by atoms with Crippen LogP contribution in [0.4, 0.5) is 0 Å². The van der Waals surface area contributed by atoms with Crippen LogP contribution in [-0.2, 0) is 23.4 Å². The minimum atomic E-state index is -1.08. The number of Topliss-reactive ketones (excluding diaryl/α,β-unsaturated/α-hetero) is 1. The largest absolute Gasteiger partial charge is 0.508 e. The first kappa shape index (κ1) is 40.5. The number of carbonyl (C=O) groups excluding carboxylic acids is 1. The lowest BCUT2D eigenvalue weighted by atomic mass is 9.73. The number of ether oxygens (including phenoxy) is 2. The standard InChI is InChI=1S/C46H52N4O7S2/c1-2-5-28(51)17-30(53)18-29(52)6-7-32-36-25-59-58-24-27-21-49-44(47)33-9-8-31-34(42(27)33)16-26-20-48-38-23-50(22-35(26)38)45-37(10-11-39(31)54)46(12-3-4-13-46)14-15-56-41(19-40(32)55)43(36)57-45/h8-9,19-20,22,27-28,30,37,39,44-45,49,51,53-55H,2-7,12-13,16-18,21,23-25,47H2,1H3. The third kappa shape index (κ3) is 7.81. The number of benzene rings is 2. The molecular weight excluding hydrogens is 785 g/mol. The van der Waals surface area contributed by atoms with E-state index in [-0.39, 0.29) is 49.3 Å². The van der Waals surface area contributed by atoms with Gasteiger partial charge in [-0.25, -0.2) is 0 Å². The van der Waals surface area contributed by atoms with Crippen molar-refractivity contribution in [3.63, 3.8) is 0 Å². The van der Waals surface area contributed by atoms with Gasteiger partial charge in [-0.05, 0) is 59.9 Å². The molecule has 11 nitrogen and oxygen atoms in total. The van der Waals surface area contributed by atoms with E-state index in [1.807, 2.05) is 25.3 Å². The number of aromatic hydroxyl groups is 1. The summed E-state index contributed by atoms with van der Waals surface area (Å²) in [6.45, 7) is 3.12. The summed E-state index contributed by atoms with van der Waals surface area (Å²) in [4.78, 5) is 20.5. The number of nitrogens with one attached hydrogen (secondary N) is 1. The minimum absolute atomic E-state index is 0.0189. The van der Waals surface area contributed by atoms with Gasteiger partial charge in [0.15, 0.2) is 17.7 Å². The Morgan fingerprint density at radius 2 is 1.98 bits per heavy atom. The number of nitrogens with two attached hydrogens (primary N) is 1. The van der Waals surface area contributed by atoms with Crippen molar-refractivity contribution in [3.8, 4) is 41.1 Å². The Morgan fingerprint density at radius 3 is 2.81 bits per heavy atom. The number of hydrogen-bond acceptors (Lipinski definition) is 13. The van der Waals surface area contributed by atoms with Gasteiger partial charge in [0, 0.05) is 78.4 Å². The number of nitrogens with zero attached hydrogens (tertiary/aromatic N) is 2. The highest BCUT2D eigenvalue weighted by Crippen LogP contribution is 2.52. The van der Waals surface area contributed by atoms with E-state index in [4.69, 9.17) is 20.2 Å². The van der Waals surface area contributed by atoms with Crippen molar-refractivity contribution in [2.75, 3.05) is 18.8 Å². The number of phenols is 1. The van der Waals surface area contributed by atoms with Crippen molar-refractivity contribution in [2.24, 2.45) is 22.1 Å². The molecule has 1 spiro atoms. The van der Waals surface area contributed by atoms with Gasteiger partial charge in [0.25, 0.3) is 0 Å². The normalized spacial score (nSPS) is 26.8. The smallest absolute Gasteiger partial charge is 0.187 e. The van der Waals surface area contributed by atoms with Crippen LogP contribution in [0.15, 0.2) is 46.7 Å². The number of hydrogen-bond donors (Lipinski definition) is 6. The maximum atomic E-state index is 13.3. The van der Waals surface area contributed by atoms with Gasteiger partial charge in [-0.3, -0.25) is 15.1 Å². The predicted molar refractivity (Wildman–Crippen MR) is 229 cm³/mol. The molecule has 0 saturated heterocycles. The molecule has 0 amide bonds. The number of fused-ring (bicyclic) bond motifs is 4. The maximum absolute atomic E-state index is 13.3. The molecule has 7 N–H and O–H groups in total. The van der Waals surface area contributed by atoms with Gasteiger partial charge in [0.2, 0.25) is 0 Å². The number of aliphatic imine (C=N–C) groups is 1. The molecule has 7 heterocycles. The molecule has 8 bridgehead atoms. The van der Waals surface area contributed by atoms with E-state index in [1.165, 1.54) is 0 Å². The zero-order valence-electron chi connectivity index (χ0n) is 33.3. The number of phenolic OH excluding ortho intramolecular Hbond substituents is 1. The zero-order valence-corrected chi connectivity index (χ0v) is 35.0. The molecule has 310 valence electrons. The van der Waals surface area contributed by atoms with Gasteiger partial charge >= 0.3 is 0 Å². The van der Waals surface area contributed by atoms with E-state index in [2.05, 4.69) is 40.3 Å². The van der Waals surface area contributed by atoms with Gasteiger partial charge in [0.05, 0.1) is 42.0 Å². The fourth-order valence-corrected chi connectivity index (χ4v) is 12.6. The van der Waals surface area contributed by atoms with Crippen LogP contribution in [0.3, 0.4) is 0 Å². The monoisotopic (exact) mass is 836 g/mol. The first-order valence-corrected chi connectivity index (χ1v) is 23.5. The highest BCUT2D eigenvalue weighted by molar-refractivity contribution is 8.76. The average Bonchev–Trinajstić information content (AvgIpc) is 3.95. The molecule has 1 aliphatic carbocycles. The fraction of sp³-hybridized carbons (Fsp3) is 0.522. The zero-order chi connectivity index (χ0) is 40.8. The molecule has 1 fully saturated rings. The van der Waals surface area contributed by atoms with Crippen molar-refractivity contribution < 1.29 is 34.7 Å². The Kier molecular flexibility index (Phi) is 11.6. The molecule has 1 saturated carbocycles. The summed E-state index contributed by atoms with van der Waals surface area (Å²) in [6, 6.07) is 5.58. The average molecular weight is 837 g/mol. The van der Waals surface area contributed by atoms with Crippen molar-refractivity contribution in [1.29, 1.82) is 0 Å². The second kappa shape index (κ2) is 16.9. The van der Waals surface area contributed by atoms with E-state index in [9.17, 15) is 25.2 Å². The Labute approximate surface area is 353 Å². The molecule has 13 heteroatoms. The number of aliphatic hydroxyl groups is 3. The number of ketones is 1. The lowest BCUT2D eigenvalue weighted by Crippen LogP contribution is -2.47. The van der Waals surface area contributed by atoms with E-state index in [1.54, 1.807) is 27.7 Å². The number of allylic oxidation sites excluding steroid dienone is 1. The summed E-state index contributed by atoms with van der Waals surface area (Å²) < 4.78 is 13.6. The van der Waals surface area contributed by atoms with Crippen LogP contribution in [0, 0.1) is 35.2 Å². The molecule has 0 radical (unpaired) electrons. The van der Waals surface area contributed by atoms with Crippen molar-refractivity contribution in [2.45, 2.75) is 120 Å². The van der Waals surface area contributed by atoms with Crippen molar-refractivity contribution >= 4 is 33.1 Å². The summed E-state index contributed by atoms with van der Waals surface area (Å²) in [6.07, 6.45) is 9.23. The summed E-state index contributed by atoms with van der Waals surface area (Å²) >= 11 is 0. The Bertz CT molecular complexity index is 2250. The predicted octanol–water partition coefficient (Wildman–Crippen LogP) is 5.80. The van der Waals surface area contributed by atoms with Gasteiger partial charge < -0.3 is 40.5 Å². The first-order valence-electron chi connectivity index (χ1n) is 21.1. The van der Waals surface area contributed by atoms with Crippen molar-refractivity contribution in [3.05, 3.63) is 75.1 Å². The van der Waals surface area contributed by atoms with E-state index < -0.39 is 35.9 Å². The van der Waals surface area contributed by atoms with Crippen LogP contribution in [0.1, 0.15) is 116 Å². The molecule has 7 aliphatic heterocycles. The van der Waals surface area contributed by atoms with Gasteiger partial charge in [-0.1, -0.05) is 77.7 Å². The van der Waals surface area contributed by atoms with Crippen molar-refractivity contribution in [1.82, 2.24) is 10.2 Å². The van der Waals surface area contributed by atoms with E-state index in [0.29, 0.717) is 54.3 Å². The Morgan fingerprint density at radius 1 is 1.15 bits per heavy atom. The van der Waals surface area contributed by atoms with Crippen LogP contribution in [0.5, 0.6) is 17.2 Å². The van der Waals surface area contributed by atoms with Crippen LogP contribution >= 0.6 is 21.6 Å². The molecule has 8 aliphatic rings. The highest BCUT2D eigenvalue weighted by atomic mass is 33.1. The van der Waals surface area contributed by atoms with Gasteiger partial charge in [0.1, 0.15) is 23.7 Å². The molecule has 2 aromatic rings. The lowest BCUT2D eigenvalue weighted by molar-refractivity contribution is -0.121. The summed E-state index contributed by atoms with van der Waals surface area (Å²) in [5.41, 5.74) is 14.5. The Balaban J connectivity index is 1.19. The van der Waals surface area contributed by atoms with Gasteiger partial charge in [-0.2, -0.15) is 0 Å². The molecular formula is C46H52N4O7S2. The maximum Gasteiger partial charge on any atom is 0.187 e. The van der Waals surface area contributed by atoms with Gasteiger partial charge in [-0.15, -0.1) is 0 Å². The third-order valence-electron chi connectivity index (χ3n) is 13.1. The molecule has 59 heavy (non-hydrogen) atoms. The molecule has 7 unspecified atom stereocenters. The quantitative estimate of drug-likeness (QED) is 0.133.